The molecule has 2 aromatic heterocycles. The monoisotopic (exact) mass is 277 g/mol. The van der Waals surface area contributed by atoms with Gasteiger partial charge in [-0.1, -0.05) is 23.2 Å². The highest BCUT2D eigenvalue weighted by atomic mass is 32.2. The molecule has 0 atom stereocenters. The second-order valence-corrected chi connectivity index (χ2v) is 4.63. The van der Waals surface area contributed by atoms with Crippen LogP contribution >= 0.6 is 23.2 Å². The van der Waals surface area contributed by atoms with Gasteiger partial charge in [0.25, 0.3) is 0 Å². The van der Waals surface area contributed by atoms with Crippen LogP contribution in [0, 0.1) is 11.3 Å². The number of nitrogens with one attached hydrogen (secondary N) is 1. The third kappa shape index (κ3) is 3.47. The largest absolute Gasteiger partial charge is 0.323 e. The average Bonchev–Trinajstić information content (AvgIpc) is 2.87. The van der Waals surface area contributed by atoms with Crippen LogP contribution in [0.5, 0.6) is 0 Å². The van der Waals surface area contributed by atoms with Crippen molar-refractivity contribution in [2.75, 3.05) is 5.32 Å². The molecule has 2 heterocycles. The van der Waals surface area contributed by atoms with Crippen molar-refractivity contribution in [1.29, 1.82) is 6.60 Å². The predicted molar refractivity (Wildman–Crippen MR) is 73.9 cm³/mol. The normalized spacial score (nSPS) is 10.5. The first-order valence-electron chi connectivity index (χ1n) is 5.46. The molecule has 89 valence electrons. The zero-order chi connectivity index (χ0) is 13.5. The number of nitriles is 1. The lowest BCUT2D eigenvalue weighted by Crippen LogP contribution is -1.94. The van der Waals surface area contributed by atoms with E-state index >= 15 is 0 Å². The van der Waals surface area contributed by atoms with Crippen LogP contribution in [-0.2, 0) is 10.8 Å². The molecule has 0 bridgehead atoms. The SMILES string of the molecule is [3H][B]SOCc1ccnc(Nc2ncc(C#N)s2)c1. The maximum Gasteiger partial charge on any atom is 0.209 e. The molecule has 0 saturated heterocycles. The molecule has 0 aliphatic rings. The van der Waals surface area contributed by atoms with Gasteiger partial charge in [-0.2, -0.15) is 5.26 Å². The summed E-state index contributed by atoms with van der Waals surface area (Å²) in [4.78, 5) is 8.78. The molecule has 0 saturated carbocycles. The minimum absolute atomic E-state index is 0.387. The number of aromatic nitrogens is 2. The highest BCUT2D eigenvalue weighted by Crippen LogP contribution is 2.21. The minimum atomic E-state index is 0.387. The van der Waals surface area contributed by atoms with Crippen LogP contribution < -0.4 is 5.32 Å². The maximum atomic E-state index is 8.72. The van der Waals surface area contributed by atoms with Gasteiger partial charge in [0.05, 0.1) is 12.8 Å². The Morgan fingerprint density at radius 1 is 1.67 bits per heavy atom. The summed E-state index contributed by atoms with van der Waals surface area (Å²) >= 11 is 2.24. The van der Waals surface area contributed by atoms with E-state index in [9.17, 15) is 0 Å². The number of anilines is 2. The predicted octanol–water partition coefficient (Wildman–Crippen LogP) is 2.13. The first kappa shape index (κ1) is 11.5. The van der Waals surface area contributed by atoms with Crippen molar-refractivity contribution >= 4 is 41.3 Å². The molecule has 2 aromatic rings. The van der Waals surface area contributed by atoms with E-state index in [0.29, 0.717) is 22.4 Å². The van der Waals surface area contributed by atoms with Crippen molar-refractivity contribution in [2.24, 2.45) is 0 Å². The number of thiazole rings is 1. The molecule has 1 radical (unpaired) electrons. The molecule has 8 heteroatoms. The lowest BCUT2D eigenvalue weighted by Gasteiger charge is -2.04. The van der Waals surface area contributed by atoms with E-state index in [1.807, 2.05) is 18.2 Å². The standard InChI is InChI=1S/C10H8BN4OS2/c11-18-16-6-7-1-2-13-9(3-7)15-10-14-5-8(4-12)17-10/h1-3,5,11H,6H2,(H,13,14,15)/i11T. The fourth-order valence-electron chi connectivity index (χ4n) is 1.23. The summed E-state index contributed by atoms with van der Waals surface area (Å²) in [6.45, 7) is 0.387. The summed E-state index contributed by atoms with van der Waals surface area (Å²) in [7, 11) is 1.12. The minimum Gasteiger partial charge on any atom is -0.323 e. The lowest BCUT2D eigenvalue weighted by atomic mass is 10.3. The molecule has 2 rings (SSSR count). The first-order valence-corrected chi connectivity index (χ1v) is 6.50. The van der Waals surface area contributed by atoms with Crippen LogP contribution in [0.25, 0.3) is 0 Å². The van der Waals surface area contributed by atoms with Gasteiger partial charge >= 0.3 is 0 Å². The number of nitrogens with zero attached hydrogens (tertiary/aromatic N) is 3. The Morgan fingerprint density at radius 2 is 2.61 bits per heavy atom. The van der Waals surface area contributed by atoms with E-state index in [1.165, 1.54) is 17.5 Å². The molecule has 0 spiro atoms. The molecule has 0 aromatic carbocycles. The molecular weight excluding hydrogens is 267 g/mol. The maximum absolute atomic E-state index is 8.72. The molecular formula is C10H8BN4OS2. The zero-order valence-corrected chi connectivity index (χ0v) is 10.8. The van der Waals surface area contributed by atoms with Crippen LogP contribution in [0.2, 0.25) is 0 Å². The molecule has 0 aliphatic heterocycles. The summed E-state index contributed by atoms with van der Waals surface area (Å²) in [5, 5.41) is 12.4. The smallest absolute Gasteiger partial charge is 0.209 e. The molecule has 0 aliphatic carbocycles. The van der Waals surface area contributed by atoms with E-state index in [2.05, 4.69) is 15.3 Å². The van der Waals surface area contributed by atoms with E-state index in [4.69, 9.17) is 10.8 Å². The Balaban J connectivity index is 2.00. The average molecular weight is 277 g/mol. The van der Waals surface area contributed by atoms with E-state index < -0.39 is 0 Å². The topological polar surface area (TPSA) is 70.8 Å². The molecule has 0 unspecified atom stereocenters. The summed E-state index contributed by atoms with van der Waals surface area (Å²) < 4.78 is 12.0. The van der Waals surface area contributed by atoms with Gasteiger partial charge in [-0.15, -0.1) is 0 Å². The van der Waals surface area contributed by atoms with Crippen LogP contribution in [0.4, 0.5) is 10.9 Å². The number of hydrogen-bond donors (Lipinski definition) is 1. The van der Waals surface area contributed by atoms with Gasteiger partial charge in [-0.3, -0.25) is 0 Å². The lowest BCUT2D eigenvalue weighted by molar-refractivity contribution is 0.369. The molecule has 1 N–H and O–H groups in total. The van der Waals surface area contributed by atoms with E-state index in [1.54, 1.807) is 6.20 Å². The molecule has 0 fully saturated rings. The van der Waals surface area contributed by atoms with Gasteiger partial charge in [0, 0.05) is 6.20 Å². The second kappa shape index (κ2) is 6.40. The zero-order valence-electron chi connectivity index (χ0n) is 10.2. The van der Waals surface area contributed by atoms with Crippen molar-refractivity contribution in [2.45, 2.75) is 6.61 Å². The number of pyridine rings is 1. The molecule has 0 amide bonds. The Labute approximate surface area is 115 Å². The first-order chi connectivity index (χ1) is 9.31. The Morgan fingerprint density at radius 3 is 3.39 bits per heavy atom. The van der Waals surface area contributed by atoms with Crippen molar-refractivity contribution in [3.8, 4) is 6.07 Å². The summed E-state index contributed by atoms with van der Waals surface area (Å²) in [6, 6.07) is 5.69. The highest BCUT2D eigenvalue weighted by Gasteiger charge is 2.03. The second-order valence-electron chi connectivity index (χ2n) is 3.17. The van der Waals surface area contributed by atoms with Gasteiger partial charge in [0.1, 0.15) is 16.8 Å². The summed E-state index contributed by atoms with van der Waals surface area (Å²) in [5.74, 6) is 0.639. The van der Waals surface area contributed by atoms with Gasteiger partial charge in [0.2, 0.25) is 7.09 Å². The van der Waals surface area contributed by atoms with Crippen molar-refractivity contribution in [3.05, 3.63) is 35.0 Å². The van der Waals surface area contributed by atoms with Gasteiger partial charge in [-0.25, -0.2) is 9.97 Å². The third-order valence-corrected chi connectivity index (χ3v) is 3.04. The van der Waals surface area contributed by atoms with Crippen LogP contribution in [0.1, 0.15) is 10.4 Å². The fourth-order valence-corrected chi connectivity index (χ4v) is 2.05. The molecule has 18 heavy (non-hydrogen) atoms. The Kier molecular flexibility index (Phi) is 4.10. The summed E-state index contributed by atoms with van der Waals surface area (Å²) in [5.41, 5.74) is 0.934. The Hall–Kier alpha value is -1.56. The van der Waals surface area contributed by atoms with Crippen LogP contribution in [0.15, 0.2) is 24.5 Å². The van der Waals surface area contributed by atoms with E-state index in [-0.39, 0.29) is 0 Å². The number of rotatable bonds is 6. The van der Waals surface area contributed by atoms with Crippen molar-refractivity contribution in [1.82, 2.24) is 9.97 Å². The third-order valence-electron chi connectivity index (χ3n) is 1.97. The summed E-state index contributed by atoms with van der Waals surface area (Å²) in [6.07, 6.45) is 3.18. The van der Waals surface area contributed by atoms with E-state index in [0.717, 1.165) is 24.5 Å². The van der Waals surface area contributed by atoms with Crippen LogP contribution in [-0.4, -0.2) is 18.4 Å². The van der Waals surface area contributed by atoms with Crippen LogP contribution in [0.3, 0.4) is 0 Å². The fraction of sp³-hybridized carbons (Fsp3) is 0.100. The van der Waals surface area contributed by atoms with Gasteiger partial charge in [0.15, 0.2) is 5.13 Å². The van der Waals surface area contributed by atoms with Gasteiger partial charge in [-0.05, 0) is 19.0 Å². The number of hydrogen-bond acceptors (Lipinski definition) is 7. The van der Waals surface area contributed by atoms with Gasteiger partial charge < -0.3 is 9.50 Å². The van der Waals surface area contributed by atoms with Crippen molar-refractivity contribution in [3.63, 3.8) is 0 Å². The molecule has 5 nitrogen and oxygen atoms in total. The highest BCUT2D eigenvalue weighted by molar-refractivity contribution is 8.15. The Bertz CT molecular complexity index is 589. The van der Waals surface area contributed by atoms with Crippen molar-refractivity contribution < 1.29 is 4.18 Å². The quantitative estimate of drug-likeness (QED) is 0.495.